The molecule has 0 aliphatic carbocycles. The minimum absolute atomic E-state index is 0.0979. The maximum atomic E-state index is 11.6. The molecule has 0 aromatic heterocycles. The fourth-order valence-corrected chi connectivity index (χ4v) is 1.69. The van der Waals surface area contributed by atoms with E-state index >= 15 is 0 Å². The number of esters is 1. The van der Waals surface area contributed by atoms with E-state index in [9.17, 15) is 24.6 Å². The first-order valence-electron chi connectivity index (χ1n) is 6.32. The molecule has 114 valence electrons. The maximum Gasteiger partial charge on any atom is 0.379 e. The lowest BCUT2D eigenvalue weighted by Crippen LogP contribution is -2.25. The van der Waals surface area contributed by atoms with Crippen LogP contribution in [0.1, 0.15) is 35.4 Å². The van der Waals surface area contributed by atoms with Crippen molar-refractivity contribution in [1.29, 1.82) is 0 Å². The van der Waals surface area contributed by atoms with Crippen LogP contribution in [0, 0.1) is 0 Å². The Balaban J connectivity index is 2.80. The van der Waals surface area contributed by atoms with Crippen molar-refractivity contribution in [2.45, 2.75) is 25.6 Å². The highest BCUT2D eigenvalue weighted by atomic mass is 16.5. The number of amides is 1. The van der Waals surface area contributed by atoms with Crippen LogP contribution in [0.3, 0.4) is 0 Å². The summed E-state index contributed by atoms with van der Waals surface area (Å²) in [5, 5.41) is 19.4. The second-order valence-electron chi connectivity index (χ2n) is 4.35. The molecule has 0 aliphatic heterocycles. The van der Waals surface area contributed by atoms with Gasteiger partial charge in [-0.1, -0.05) is 24.3 Å². The summed E-state index contributed by atoms with van der Waals surface area (Å²) in [6.45, 7) is 1.69. The molecule has 0 saturated carbocycles. The summed E-state index contributed by atoms with van der Waals surface area (Å²) in [6, 6.07) is 5.41. The number of hydrogen-bond acceptors (Lipinski definition) is 6. The second-order valence-corrected chi connectivity index (χ2v) is 4.35. The Hall–Kier alpha value is -2.25. The number of primary amides is 1. The van der Waals surface area contributed by atoms with Gasteiger partial charge >= 0.3 is 5.97 Å². The smallest absolute Gasteiger partial charge is 0.379 e. The van der Waals surface area contributed by atoms with E-state index in [1.165, 1.54) is 24.3 Å². The third-order valence-corrected chi connectivity index (χ3v) is 2.75. The first-order chi connectivity index (χ1) is 9.86. The molecule has 21 heavy (non-hydrogen) atoms. The van der Waals surface area contributed by atoms with Crippen molar-refractivity contribution < 1.29 is 29.3 Å². The molecule has 0 heterocycles. The molecule has 0 bridgehead atoms. The molecule has 1 amide bonds. The zero-order valence-corrected chi connectivity index (χ0v) is 11.5. The van der Waals surface area contributed by atoms with Gasteiger partial charge in [0.1, 0.15) is 6.10 Å². The minimum atomic E-state index is -1.34. The van der Waals surface area contributed by atoms with Gasteiger partial charge < -0.3 is 20.7 Å². The molecule has 7 heteroatoms. The van der Waals surface area contributed by atoms with Crippen LogP contribution in [0.15, 0.2) is 24.3 Å². The Morgan fingerprint density at radius 3 is 2.24 bits per heavy atom. The van der Waals surface area contributed by atoms with E-state index in [-0.39, 0.29) is 18.6 Å². The number of nitrogens with two attached hydrogens (primary N) is 1. The molecule has 2 atom stereocenters. The lowest BCUT2D eigenvalue weighted by Gasteiger charge is -2.16. The quantitative estimate of drug-likeness (QED) is 0.360. The van der Waals surface area contributed by atoms with Gasteiger partial charge in [-0.15, -0.1) is 0 Å². The number of hydrogen-bond donors (Lipinski definition) is 3. The van der Waals surface area contributed by atoms with Crippen molar-refractivity contribution in [2.24, 2.45) is 5.73 Å². The molecule has 1 aromatic rings. The van der Waals surface area contributed by atoms with Crippen LogP contribution >= 0.6 is 0 Å². The molecule has 0 radical (unpaired) electrons. The molecule has 2 unspecified atom stereocenters. The van der Waals surface area contributed by atoms with Crippen LogP contribution in [-0.4, -0.2) is 40.6 Å². The SMILES string of the molecule is CCOC(=O)C(=O)c1ccc(C(O)C(O)CC(N)=O)cc1. The van der Waals surface area contributed by atoms with Crippen LogP contribution in [-0.2, 0) is 14.3 Å². The van der Waals surface area contributed by atoms with Gasteiger partial charge in [-0.2, -0.15) is 0 Å². The standard InChI is InChI=1S/C14H17NO6/c1-2-21-14(20)13(19)9-5-3-8(4-6-9)12(18)10(16)7-11(15)17/h3-6,10,12,16,18H,2,7H2,1H3,(H2,15,17). The number of Topliss-reactive ketones (excluding diaryl/α,β-unsaturated/α-hetero) is 1. The zero-order chi connectivity index (χ0) is 16.0. The summed E-state index contributed by atoms with van der Waals surface area (Å²) < 4.78 is 4.59. The Morgan fingerprint density at radius 1 is 1.19 bits per heavy atom. The van der Waals surface area contributed by atoms with Crippen LogP contribution in [0.2, 0.25) is 0 Å². The second kappa shape index (κ2) is 7.51. The summed E-state index contributed by atoms with van der Waals surface area (Å²) in [4.78, 5) is 33.6. The number of aliphatic hydroxyl groups is 2. The number of aliphatic hydroxyl groups excluding tert-OH is 2. The summed E-state index contributed by atoms with van der Waals surface area (Å²) in [5.74, 6) is -2.49. The Bertz CT molecular complexity index is 525. The average molecular weight is 295 g/mol. The van der Waals surface area contributed by atoms with Gasteiger partial charge in [-0.3, -0.25) is 9.59 Å². The van der Waals surface area contributed by atoms with Crippen LogP contribution in [0.4, 0.5) is 0 Å². The van der Waals surface area contributed by atoms with E-state index in [1.54, 1.807) is 6.92 Å². The normalized spacial score (nSPS) is 13.3. The van der Waals surface area contributed by atoms with E-state index < -0.39 is 29.9 Å². The van der Waals surface area contributed by atoms with E-state index in [0.29, 0.717) is 5.56 Å². The van der Waals surface area contributed by atoms with E-state index in [1.807, 2.05) is 0 Å². The largest absolute Gasteiger partial charge is 0.460 e. The fraction of sp³-hybridized carbons (Fsp3) is 0.357. The molecule has 1 aromatic carbocycles. The molecule has 1 rings (SSSR count). The van der Waals surface area contributed by atoms with Gasteiger partial charge in [-0.25, -0.2) is 4.79 Å². The molecule has 4 N–H and O–H groups in total. The van der Waals surface area contributed by atoms with Gasteiger partial charge in [-0.05, 0) is 12.5 Å². The number of carbonyl (C=O) groups is 3. The number of rotatable bonds is 7. The Morgan fingerprint density at radius 2 is 1.76 bits per heavy atom. The predicted octanol–water partition coefficient (Wildman–Crippen LogP) is -0.298. The predicted molar refractivity (Wildman–Crippen MR) is 72.2 cm³/mol. The lowest BCUT2D eigenvalue weighted by molar-refractivity contribution is -0.137. The molecule has 0 fully saturated rings. The van der Waals surface area contributed by atoms with Crippen molar-refractivity contribution in [3.05, 3.63) is 35.4 Å². The molecule has 0 saturated heterocycles. The van der Waals surface area contributed by atoms with Crippen molar-refractivity contribution in [1.82, 2.24) is 0 Å². The Labute approximate surface area is 121 Å². The van der Waals surface area contributed by atoms with Crippen molar-refractivity contribution in [2.75, 3.05) is 6.61 Å². The Kier molecular flexibility index (Phi) is 6.01. The first-order valence-corrected chi connectivity index (χ1v) is 6.32. The molecule has 0 spiro atoms. The highest BCUT2D eigenvalue weighted by Crippen LogP contribution is 2.19. The molecular weight excluding hydrogens is 278 g/mol. The lowest BCUT2D eigenvalue weighted by atomic mass is 9.99. The van der Waals surface area contributed by atoms with Gasteiger partial charge in [0.2, 0.25) is 5.91 Å². The molecule has 0 aliphatic rings. The molecular formula is C14H17NO6. The number of ether oxygens (including phenoxy) is 1. The minimum Gasteiger partial charge on any atom is -0.460 e. The summed E-state index contributed by atoms with van der Waals surface area (Å²) in [5.41, 5.74) is 5.33. The maximum absolute atomic E-state index is 11.6. The van der Waals surface area contributed by atoms with E-state index in [4.69, 9.17) is 5.73 Å². The van der Waals surface area contributed by atoms with Crippen molar-refractivity contribution in [3.8, 4) is 0 Å². The monoisotopic (exact) mass is 295 g/mol. The topological polar surface area (TPSA) is 127 Å². The third kappa shape index (κ3) is 4.66. The summed E-state index contributed by atoms with van der Waals surface area (Å²) in [7, 11) is 0. The fourth-order valence-electron chi connectivity index (χ4n) is 1.69. The van der Waals surface area contributed by atoms with Gasteiger partial charge in [0.15, 0.2) is 0 Å². The number of benzene rings is 1. The average Bonchev–Trinajstić information content (AvgIpc) is 2.45. The van der Waals surface area contributed by atoms with Crippen molar-refractivity contribution in [3.63, 3.8) is 0 Å². The van der Waals surface area contributed by atoms with Crippen LogP contribution in [0.5, 0.6) is 0 Å². The number of ketones is 1. The third-order valence-electron chi connectivity index (χ3n) is 2.75. The van der Waals surface area contributed by atoms with Crippen LogP contribution in [0.25, 0.3) is 0 Å². The van der Waals surface area contributed by atoms with Crippen LogP contribution < -0.4 is 5.73 Å². The molecule has 7 nitrogen and oxygen atoms in total. The van der Waals surface area contributed by atoms with E-state index in [2.05, 4.69) is 4.74 Å². The highest BCUT2D eigenvalue weighted by Gasteiger charge is 2.22. The van der Waals surface area contributed by atoms with Gasteiger partial charge in [0.05, 0.1) is 19.1 Å². The summed E-state index contributed by atoms with van der Waals surface area (Å²) >= 11 is 0. The van der Waals surface area contributed by atoms with Gasteiger partial charge in [0, 0.05) is 5.56 Å². The van der Waals surface area contributed by atoms with E-state index in [0.717, 1.165) is 0 Å². The summed E-state index contributed by atoms with van der Waals surface area (Å²) in [6.07, 6.45) is -3.04. The zero-order valence-electron chi connectivity index (χ0n) is 11.5. The first kappa shape index (κ1) is 16.8. The highest BCUT2D eigenvalue weighted by molar-refractivity contribution is 6.40. The van der Waals surface area contributed by atoms with Crippen molar-refractivity contribution >= 4 is 17.7 Å². The number of carbonyl (C=O) groups excluding carboxylic acids is 3. The van der Waals surface area contributed by atoms with Gasteiger partial charge in [0.25, 0.3) is 5.78 Å².